The maximum absolute atomic E-state index is 13.8. The molecule has 1 amide bonds. The van der Waals surface area contributed by atoms with E-state index in [1.165, 1.54) is 6.07 Å². The molecule has 6 heteroatoms. The van der Waals surface area contributed by atoms with E-state index in [0.717, 1.165) is 12.8 Å². The predicted molar refractivity (Wildman–Crippen MR) is 72.0 cm³/mol. The van der Waals surface area contributed by atoms with Crippen molar-refractivity contribution in [2.24, 2.45) is 5.92 Å². The maximum Gasteiger partial charge on any atom is 0.416 e. The second-order valence-electron chi connectivity index (χ2n) is 5.23. The molecular formula is C14H16FN3O2. The molecule has 1 fully saturated rings. The van der Waals surface area contributed by atoms with Gasteiger partial charge >= 0.3 is 6.09 Å². The smallest absolute Gasteiger partial charge is 0.389 e. The molecular weight excluding hydrogens is 261 g/mol. The average molecular weight is 277 g/mol. The lowest BCUT2D eigenvalue weighted by molar-refractivity contribution is 0.132. The van der Waals surface area contributed by atoms with Crippen molar-refractivity contribution in [1.29, 1.82) is 0 Å². The van der Waals surface area contributed by atoms with E-state index in [2.05, 4.69) is 17.1 Å². The zero-order valence-corrected chi connectivity index (χ0v) is 11.2. The Kier molecular flexibility index (Phi) is 3.30. The number of ether oxygens (including phenoxy) is 1. The van der Waals surface area contributed by atoms with Crippen molar-refractivity contribution in [3.8, 4) is 5.88 Å². The van der Waals surface area contributed by atoms with Crippen LogP contribution in [0.3, 0.4) is 0 Å². The minimum atomic E-state index is -0.464. The van der Waals surface area contributed by atoms with Crippen LogP contribution in [0.25, 0.3) is 10.9 Å². The number of carbonyl (C=O) groups excluding carboxylic acids is 1. The Morgan fingerprint density at radius 1 is 1.45 bits per heavy atom. The van der Waals surface area contributed by atoms with Crippen LogP contribution in [0.4, 0.5) is 9.18 Å². The number of aromatic amines is 1. The van der Waals surface area contributed by atoms with E-state index in [9.17, 15) is 9.18 Å². The number of nitrogens with one attached hydrogen (secondary N) is 1. The topological polar surface area (TPSA) is 58.2 Å². The molecule has 0 bridgehead atoms. The number of carbonyl (C=O) groups is 1. The monoisotopic (exact) mass is 277 g/mol. The normalized spacial score (nSPS) is 16.6. The van der Waals surface area contributed by atoms with Gasteiger partial charge in [-0.1, -0.05) is 13.0 Å². The van der Waals surface area contributed by atoms with E-state index in [0.29, 0.717) is 24.5 Å². The molecule has 0 radical (unpaired) electrons. The molecule has 0 saturated carbocycles. The SMILES string of the molecule is CC1CCN(C(=O)Oc2n[nH]c3cccc(F)c23)CC1. The van der Waals surface area contributed by atoms with Gasteiger partial charge in [0.05, 0.1) is 10.9 Å². The van der Waals surface area contributed by atoms with Crippen molar-refractivity contribution in [3.63, 3.8) is 0 Å². The molecule has 2 heterocycles. The first-order chi connectivity index (χ1) is 9.65. The van der Waals surface area contributed by atoms with Gasteiger partial charge in [0.25, 0.3) is 5.88 Å². The van der Waals surface area contributed by atoms with Crippen LogP contribution in [-0.2, 0) is 0 Å². The molecule has 1 aromatic heterocycles. The molecule has 0 spiro atoms. The van der Waals surface area contributed by atoms with Gasteiger partial charge in [-0.05, 0) is 30.9 Å². The molecule has 1 aromatic carbocycles. The number of H-pyrrole nitrogens is 1. The first-order valence-electron chi connectivity index (χ1n) is 6.74. The Bertz CT molecular complexity index is 632. The number of piperidine rings is 1. The fourth-order valence-electron chi connectivity index (χ4n) is 2.41. The van der Waals surface area contributed by atoms with E-state index in [1.54, 1.807) is 17.0 Å². The average Bonchev–Trinajstić information content (AvgIpc) is 2.84. The van der Waals surface area contributed by atoms with Crippen molar-refractivity contribution < 1.29 is 13.9 Å². The van der Waals surface area contributed by atoms with Crippen LogP contribution in [0.15, 0.2) is 18.2 Å². The molecule has 1 saturated heterocycles. The maximum atomic E-state index is 13.8. The highest BCUT2D eigenvalue weighted by Crippen LogP contribution is 2.26. The molecule has 0 atom stereocenters. The number of likely N-dealkylation sites (tertiary alicyclic amines) is 1. The van der Waals surface area contributed by atoms with Crippen LogP contribution >= 0.6 is 0 Å². The summed E-state index contributed by atoms with van der Waals surface area (Å²) in [7, 11) is 0. The molecule has 1 N–H and O–H groups in total. The van der Waals surface area contributed by atoms with Crippen LogP contribution in [0, 0.1) is 11.7 Å². The number of aromatic nitrogens is 2. The number of hydrogen-bond donors (Lipinski definition) is 1. The second kappa shape index (κ2) is 5.11. The lowest BCUT2D eigenvalue weighted by Crippen LogP contribution is -2.39. The first kappa shape index (κ1) is 12.9. The summed E-state index contributed by atoms with van der Waals surface area (Å²) in [4.78, 5) is 13.7. The Morgan fingerprint density at radius 2 is 2.20 bits per heavy atom. The number of halogens is 1. The van der Waals surface area contributed by atoms with Crippen LogP contribution < -0.4 is 4.74 Å². The van der Waals surface area contributed by atoms with Crippen molar-refractivity contribution in [2.75, 3.05) is 13.1 Å². The number of hydrogen-bond acceptors (Lipinski definition) is 3. The van der Waals surface area contributed by atoms with Crippen LogP contribution in [0.2, 0.25) is 0 Å². The fourth-order valence-corrected chi connectivity index (χ4v) is 2.41. The number of fused-ring (bicyclic) bond motifs is 1. The van der Waals surface area contributed by atoms with E-state index < -0.39 is 11.9 Å². The van der Waals surface area contributed by atoms with Gasteiger partial charge in [0.1, 0.15) is 5.82 Å². The summed E-state index contributed by atoms with van der Waals surface area (Å²) in [6.07, 6.45) is 1.46. The van der Waals surface area contributed by atoms with E-state index >= 15 is 0 Å². The lowest BCUT2D eigenvalue weighted by Gasteiger charge is -2.29. The Hall–Kier alpha value is -2.11. The molecule has 3 rings (SSSR count). The molecule has 0 unspecified atom stereocenters. The third-order valence-corrected chi connectivity index (χ3v) is 3.73. The molecule has 0 aliphatic carbocycles. The van der Waals surface area contributed by atoms with E-state index in [1.807, 2.05) is 0 Å². The summed E-state index contributed by atoms with van der Waals surface area (Å²) < 4.78 is 19.0. The number of rotatable bonds is 1. The van der Waals surface area contributed by atoms with E-state index in [4.69, 9.17) is 4.74 Å². The summed E-state index contributed by atoms with van der Waals surface area (Å²) in [5, 5.41) is 6.74. The van der Waals surface area contributed by atoms with Crippen molar-refractivity contribution in [3.05, 3.63) is 24.0 Å². The summed E-state index contributed by atoms with van der Waals surface area (Å²) in [6.45, 7) is 3.51. The first-order valence-corrected chi connectivity index (χ1v) is 6.74. The quantitative estimate of drug-likeness (QED) is 0.871. The Morgan fingerprint density at radius 3 is 2.95 bits per heavy atom. The van der Waals surface area contributed by atoms with Crippen molar-refractivity contribution in [1.82, 2.24) is 15.1 Å². The largest absolute Gasteiger partial charge is 0.416 e. The highest BCUT2D eigenvalue weighted by Gasteiger charge is 2.23. The van der Waals surface area contributed by atoms with E-state index in [-0.39, 0.29) is 11.3 Å². The van der Waals surface area contributed by atoms with Gasteiger partial charge in [-0.25, -0.2) is 9.18 Å². The summed E-state index contributed by atoms with van der Waals surface area (Å²) >= 11 is 0. The summed E-state index contributed by atoms with van der Waals surface area (Å²) in [6, 6.07) is 4.58. The van der Waals surface area contributed by atoms with Gasteiger partial charge in [0, 0.05) is 13.1 Å². The van der Waals surface area contributed by atoms with Crippen molar-refractivity contribution >= 4 is 17.0 Å². The lowest BCUT2D eigenvalue weighted by atomic mass is 10.00. The third kappa shape index (κ3) is 2.33. The minimum absolute atomic E-state index is 0.00159. The molecule has 106 valence electrons. The summed E-state index contributed by atoms with van der Waals surface area (Å²) in [5.74, 6) is 0.177. The van der Waals surface area contributed by atoms with Gasteiger partial charge in [-0.15, -0.1) is 5.10 Å². The van der Waals surface area contributed by atoms with Gasteiger partial charge < -0.3 is 9.64 Å². The van der Waals surface area contributed by atoms with Gasteiger partial charge in [0.15, 0.2) is 0 Å². The van der Waals surface area contributed by atoms with Crippen LogP contribution in [0.5, 0.6) is 5.88 Å². The number of nitrogens with zero attached hydrogens (tertiary/aromatic N) is 2. The molecule has 5 nitrogen and oxygen atoms in total. The van der Waals surface area contributed by atoms with Gasteiger partial charge in [-0.3, -0.25) is 5.10 Å². The molecule has 20 heavy (non-hydrogen) atoms. The zero-order valence-electron chi connectivity index (χ0n) is 11.2. The standard InChI is InChI=1S/C14H16FN3O2/c1-9-5-7-18(8-6-9)14(19)20-13-12-10(15)3-2-4-11(12)16-17-13/h2-4,9H,5-8H2,1H3,(H,16,17). The van der Waals surface area contributed by atoms with Gasteiger partial charge in [0.2, 0.25) is 0 Å². The molecule has 2 aromatic rings. The molecule has 1 aliphatic rings. The predicted octanol–water partition coefficient (Wildman–Crippen LogP) is 2.93. The Balaban J connectivity index is 1.78. The fraction of sp³-hybridized carbons (Fsp3) is 0.429. The summed E-state index contributed by atoms with van der Waals surface area (Å²) in [5.41, 5.74) is 0.514. The van der Waals surface area contributed by atoms with Crippen LogP contribution in [-0.4, -0.2) is 34.3 Å². The molecule has 1 aliphatic heterocycles. The van der Waals surface area contributed by atoms with Crippen LogP contribution in [0.1, 0.15) is 19.8 Å². The number of benzene rings is 1. The third-order valence-electron chi connectivity index (χ3n) is 3.73. The van der Waals surface area contributed by atoms with Gasteiger partial charge in [-0.2, -0.15) is 0 Å². The highest BCUT2D eigenvalue weighted by atomic mass is 19.1. The second-order valence-corrected chi connectivity index (χ2v) is 5.23. The minimum Gasteiger partial charge on any atom is -0.389 e. The number of amides is 1. The van der Waals surface area contributed by atoms with Crippen molar-refractivity contribution in [2.45, 2.75) is 19.8 Å². The Labute approximate surface area is 115 Å². The highest BCUT2D eigenvalue weighted by molar-refractivity contribution is 5.86. The zero-order chi connectivity index (χ0) is 14.1.